The number of ether oxygens (including phenoxy) is 1. The molecule has 0 radical (unpaired) electrons. The van der Waals surface area contributed by atoms with Crippen molar-refractivity contribution in [2.24, 2.45) is 0 Å². The van der Waals surface area contributed by atoms with Gasteiger partial charge in [0.25, 0.3) is 5.91 Å². The van der Waals surface area contributed by atoms with Crippen molar-refractivity contribution >= 4 is 22.9 Å². The molecule has 11 heteroatoms. The van der Waals surface area contributed by atoms with Crippen molar-refractivity contribution in [3.63, 3.8) is 0 Å². The van der Waals surface area contributed by atoms with Crippen molar-refractivity contribution in [3.05, 3.63) is 141 Å². The van der Waals surface area contributed by atoms with Crippen molar-refractivity contribution in [1.29, 1.82) is 0 Å². The standard InChI is InChI=1S/C37H38N4O7/c42-31-17-15-29(30-16-18-33(44)40-35(30)31)32(43)22-38-19-4-5-20-39-36(45)26-13-11-24(12-14-26)23-48-28-10-6-9-27(21-28)34(41-37(46)47)25-7-2-1-3-8-25/h1-3,6-18,21,32,34,38,41-43H,4-5,19-20,22-23H2,(H,39,45)(H,40,44)(H,46,47)/t32-,34?/m0/s1. The zero-order valence-corrected chi connectivity index (χ0v) is 26.2. The lowest BCUT2D eigenvalue weighted by Gasteiger charge is -2.19. The highest BCUT2D eigenvalue weighted by Crippen LogP contribution is 2.29. The van der Waals surface area contributed by atoms with Crippen molar-refractivity contribution in [3.8, 4) is 11.5 Å². The number of carbonyl (C=O) groups is 2. The molecule has 2 amide bonds. The molecule has 0 aliphatic heterocycles. The maximum absolute atomic E-state index is 12.6. The molecule has 1 unspecified atom stereocenters. The minimum atomic E-state index is -1.12. The molecule has 5 aromatic rings. The third kappa shape index (κ3) is 8.99. The second-order valence-corrected chi connectivity index (χ2v) is 11.3. The summed E-state index contributed by atoms with van der Waals surface area (Å²) in [7, 11) is 0. The first-order chi connectivity index (χ1) is 23.3. The molecule has 4 aromatic carbocycles. The Labute approximate surface area is 277 Å². The highest BCUT2D eigenvalue weighted by Gasteiger charge is 2.17. The maximum atomic E-state index is 12.6. The van der Waals surface area contributed by atoms with Gasteiger partial charge in [-0.3, -0.25) is 9.59 Å². The first kappa shape index (κ1) is 33.7. The zero-order valence-electron chi connectivity index (χ0n) is 26.2. The summed E-state index contributed by atoms with van der Waals surface area (Å²) >= 11 is 0. The van der Waals surface area contributed by atoms with Crippen LogP contribution in [0.25, 0.3) is 10.9 Å². The number of hydrogen-bond acceptors (Lipinski definition) is 7. The number of carboxylic acid groups (broad SMARTS) is 1. The van der Waals surface area contributed by atoms with Crippen LogP contribution in [0.2, 0.25) is 0 Å². The SMILES string of the molecule is O=C(O)NC(c1ccccc1)c1cccc(OCc2ccc(C(=O)NCCCCNC[C@H](O)c3ccc(O)c4[nH]c(=O)ccc34)cc2)c1. The molecule has 0 saturated carbocycles. The Bertz CT molecular complexity index is 1890. The van der Waals surface area contributed by atoms with E-state index in [1.54, 1.807) is 24.3 Å². The van der Waals surface area contributed by atoms with E-state index in [0.717, 1.165) is 29.5 Å². The minimum Gasteiger partial charge on any atom is -0.506 e. The molecular weight excluding hydrogens is 612 g/mol. The van der Waals surface area contributed by atoms with Gasteiger partial charge >= 0.3 is 6.09 Å². The molecule has 7 N–H and O–H groups in total. The number of rotatable bonds is 15. The van der Waals surface area contributed by atoms with Gasteiger partial charge in [-0.2, -0.15) is 0 Å². The van der Waals surface area contributed by atoms with Gasteiger partial charge < -0.3 is 41.0 Å². The van der Waals surface area contributed by atoms with Gasteiger partial charge in [0, 0.05) is 30.1 Å². The number of aromatic hydroxyl groups is 1. The lowest BCUT2D eigenvalue weighted by molar-refractivity contribution is 0.0953. The molecule has 0 spiro atoms. The summed E-state index contributed by atoms with van der Waals surface area (Å²) in [6, 6.07) is 29.3. The number of phenols is 1. The monoisotopic (exact) mass is 650 g/mol. The summed E-state index contributed by atoms with van der Waals surface area (Å²) < 4.78 is 5.98. The van der Waals surface area contributed by atoms with Crippen LogP contribution in [-0.4, -0.2) is 51.9 Å². The number of fused-ring (bicyclic) bond motifs is 1. The van der Waals surface area contributed by atoms with E-state index in [0.29, 0.717) is 47.4 Å². The van der Waals surface area contributed by atoms with E-state index < -0.39 is 18.2 Å². The molecule has 2 atom stereocenters. The minimum absolute atomic E-state index is 0.0524. The molecule has 11 nitrogen and oxygen atoms in total. The third-order valence-electron chi connectivity index (χ3n) is 7.88. The second kappa shape index (κ2) is 16.3. The fourth-order valence-electron chi connectivity index (χ4n) is 5.41. The predicted octanol–water partition coefficient (Wildman–Crippen LogP) is 5.00. The van der Waals surface area contributed by atoms with Crippen LogP contribution in [0, 0.1) is 0 Å². The summed E-state index contributed by atoms with van der Waals surface area (Å²) in [6.45, 7) is 1.71. The molecule has 1 aromatic heterocycles. The fourth-order valence-corrected chi connectivity index (χ4v) is 5.41. The topological polar surface area (TPSA) is 173 Å². The van der Waals surface area contributed by atoms with E-state index in [-0.39, 0.29) is 23.8 Å². The number of benzene rings is 4. The molecule has 48 heavy (non-hydrogen) atoms. The van der Waals surface area contributed by atoms with Crippen LogP contribution in [0.1, 0.15) is 57.6 Å². The Kier molecular flexibility index (Phi) is 11.4. The van der Waals surface area contributed by atoms with Crippen molar-refractivity contribution in [2.75, 3.05) is 19.6 Å². The highest BCUT2D eigenvalue weighted by molar-refractivity contribution is 5.94. The number of hydrogen-bond donors (Lipinski definition) is 7. The highest BCUT2D eigenvalue weighted by atomic mass is 16.5. The number of aliphatic hydroxyl groups is 1. The van der Waals surface area contributed by atoms with Gasteiger partial charge in [0.15, 0.2) is 0 Å². The summed E-state index contributed by atoms with van der Waals surface area (Å²) in [5, 5.41) is 39.4. The van der Waals surface area contributed by atoms with Crippen molar-refractivity contribution in [2.45, 2.75) is 31.6 Å². The smallest absolute Gasteiger partial charge is 0.405 e. The average molecular weight is 651 g/mol. The van der Waals surface area contributed by atoms with Crippen LogP contribution in [0.5, 0.6) is 11.5 Å². The number of nitrogens with one attached hydrogen (secondary N) is 4. The number of phenolic OH excluding ortho intramolecular Hbond substituents is 1. The second-order valence-electron chi connectivity index (χ2n) is 11.3. The first-order valence-electron chi connectivity index (χ1n) is 15.7. The molecule has 5 rings (SSSR count). The summed E-state index contributed by atoms with van der Waals surface area (Å²) in [6.07, 6.45) is -0.417. The predicted molar refractivity (Wildman–Crippen MR) is 182 cm³/mol. The van der Waals surface area contributed by atoms with E-state index in [2.05, 4.69) is 20.9 Å². The van der Waals surface area contributed by atoms with Gasteiger partial charge in [0.2, 0.25) is 5.56 Å². The van der Waals surface area contributed by atoms with E-state index in [4.69, 9.17) is 4.74 Å². The van der Waals surface area contributed by atoms with E-state index in [1.165, 1.54) is 12.1 Å². The van der Waals surface area contributed by atoms with Gasteiger partial charge in [0.05, 0.1) is 17.7 Å². The third-order valence-corrected chi connectivity index (χ3v) is 7.88. The van der Waals surface area contributed by atoms with E-state index in [9.17, 15) is 29.7 Å². The molecule has 0 saturated heterocycles. The molecule has 0 bridgehead atoms. The summed E-state index contributed by atoms with van der Waals surface area (Å²) in [5.74, 6) is 0.370. The van der Waals surface area contributed by atoms with E-state index >= 15 is 0 Å². The van der Waals surface area contributed by atoms with Gasteiger partial charge in [-0.25, -0.2) is 4.79 Å². The number of carbonyl (C=O) groups excluding carboxylic acids is 1. The van der Waals surface area contributed by atoms with Gasteiger partial charge in [-0.15, -0.1) is 0 Å². The van der Waals surface area contributed by atoms with Crippen LogP contribution in [0.3, 0.4) is 0 Å². The number of H-pyrrole nitrogens is 1. The zero-order chi connectivity index (χ0) is 33.9. The van der Waals surface area contributed by atoms with Crippen LogP contribution >= 0.6 is 0 Å². The fraction of sp³-hybridized carbons (Fsp3) is 0.216. The Morgan fingerprint density at radius 2 is 1.58 bits per heavy atom. The number of amides is 2. The Balaban J connectivity index is 1.03. The number of aliphatic hydroxyl groups excluding tert-OH is 1. The Morgan fingerprint density at radius 1 is 0.833 bits per heavy atom. The maximum Gasteiger partial charge on any atom is 0.405 e. The van der Waals surface area contributed by atoms with Crippen molar-refractivity contribution < 1.29 is 29.6 Å². The lowest BCUT2D eigenvalue weighted by atomic mass is 9.98. The number of aromatic amines is 1. The van der Waals surface area contributed by atoms with Crippen LogP contribution in [0.4, 0.5) is 4.79 Å². The molecular formula is C37H38N4O7. The Morgan fingerprint density at radius 3 is 2.35 bits per heavy atom. The molecule has 0 fully saturated rings. The summed E-state index contributed by atoms with van der Waals surface area (Å²) in [5.41, 5.74) is 3.56. The van der Waals surface area contributed by atoms with Crippen molar-refractivity contribution in [1.82, 2.24) is 20.9 Å². The number of aromatic nitrogens is 1. The van der Waals surface area contributed by atoms with Crippen LogP contribution < -0.4 is 26.2 Å². The first-order valence-corrected chi connectivity index (χ1v) is 15.7. The number of pyridine rings is 1. The summed E-state index contributed by atoms with van der Waals surface area (Å²) in [4.78, 5) is 38.3. The van der Waals surface area contributed by atoms with Gasteiger partial charge in [-0.1, -0.05) is 60.7 Å². The molecule has 248 valence electrons. The number of unbranched alkanes of at least 4 members (excludes halogenated alkanes) is 1. The molecule has 0 aliphatic carbocycles. The average Bonchev–Trinajstić information content (AvgIpc) is 3.10. The normalized spacial score (nSPS) is 12.3. The van der Waals surface area contributed by atoms with E-state index in [1.807, 2.05) is 66.7 Å². The van der Waals surface area contributed by atoms with Gasteiger partial charge in [-0.05, 0) is 78.0 Å². The Hall–Kier alpha value is -5.65. The molecule has 0 aliphatic rings. The quantitative estimate of drug-likeness (QED) is 0.0776. The molecule has 1 heterocycles. The van der Waals surface area contributed by atoms with Crippen LogP contribution in [0.15, 0.2) is 108 Å². The lowest BCUT2D eigenvalue weighted by Crippen LogP contribution is -2.27. The van der Waals surface area contributed by atoms with Crippen LogP contribution in [-0.2, 0) is 6.61 Å². The van der Waals surface area contributed by atoms with Gasteiger partial charge in [0.1, 0.15) is 18.1 Å². The largest absolute Gasteiger partial charge is 0.506 e.